The smallest absolute Gasteiger partial charge is 0.146 e. The van der Waals surface area contributed by atoms with Crippen molar-refractivity contribution in [3.05, 3.63) is 48.0 Å². The molecule has 3 aliphatic rings. The maximum absolute atomic E-state index is 13.3. The average molecular weight is 266 g/mol. The Morgan fingerprint density at radius 3 is 2.80 bits per heavy atom. The zero-order chi connectivity index (χ0) is 13.8. The molecule has 0 N–H and O–H groups in total. The summed E-state index contributed by atoms with van der Waals surface area (Å²) >= 11 is 0. The van der Waals surface area contributed by atoms with Crippen LogP contribution in [0.15, 0.2) is 42.5 Å². The molecule has 4 rings (SSSR count). The van der Waals surface area contributed by atoms with Gasteiger partial charge in [-0.2, -0.15) is 0 Å². The molecule has 1 aromatic rings. The molecule has 1 nitrogen and oxygen atoms in total. The van der Waals surface area contributed by atoms with Crippen LogP contribution in [-0.2, 0) is 4.79 Å². The van der Waals surface area contributed by atoms with Crippen LogP contribution in [-0.4, -0.2) is 5.78 Å². The molecule has 0 aliphatic heterocycles. The van der Waals surface area contributed by atoms with Crippen molar-refractivity contribution in [2.24, 2.45) is 16.7 Å². The molecule has 1 spiro atoms. The first-order valence-electron chi connectivity index (χ1n) is 7.93. The summed E-state index contributed by atoms with van der Waals surface area (Å²) in [7, 11) is 0. The van der Waals surface area contributed by atoms with Crippen molar-refractivity contribution in [1.82, 2.24) is 0 Å². The van der Waals surface area contributed by atoms with Crippen molar-refractivity contribution < 1.29 is 4.79 Å². The fourth-order valence-electron chi connectivity index (χ4n) is 5.25. The van der Waals surface area contributed by atoms with E-state index in [0.717, 1.165) is 19.3 Å². The maximum atomic E-state index is 13.3. The molecular formula is C19H22O. The second-order valence-electron chi connectivity index (χ2n) is 7.23. The van der Waals surface area contributed by atoms with Gasteiger partial charge in [0.15, 0.2) is 0 Å². The van der Waals surface area contributed by atoms with E-state index in [4.69, 9.17) is 0 Å². The Kier molecular flexibility index (Phi) is 2.52. The molecule has 2 fully saturated rings. The van der Waals surface area contributed by atoms with Crippen molar-refractivity contribution in [2.75, 3.05) is 0 Å². The van der Waals surface area contributed by atoms with Crippen LogP contribution in [0.1, 0.15) is 50.5 Å². The molecule has 0 radical (unpaired) electrons. The standard InChI is InChI=1S/C19H22O/c1-18-11-5-9-15-10-6-12-19(15,17(18)20)16(13-18)14-7-3-2-4-8-14/h2-5,7-9,15-16H,6,10-13H2,1H3/t15-,16+,18-,19+/m0/s1. The van der Waals surface area contributed by atoms with Gasteiger partial charge in [0.25, 0.3) is 0 Å². The number of carbonyl (C=O) groups excluding carboxylic acids is 1. The molecule has 1 heteroatoms. The Hall–Kier alpha value is -1.37. The van der Waals surface area contributed by atoms with E-state index in [0.29, 0.717) is 17.6 Å². The highest BCUT2D eigenvalue weighted by molar-refractivity contribution is 5.95. The highest BCUT2D eigenvalue weighted by Crippen LogP contribution is 2.66. The lowest BCUT2D eigenvalue weighted by Crippen LogP contribution is -2.37. The van der Waals surface area contributed by atoms with Gasteiger partial charge in [0.1, 0.15) is 5.78 Å². The number of hydrogen-bond donors (Lipinski definition) is 0. The summed E-state index contributed by atoms with van der Waals surface area (Å²) in [6.07, 6.45) is 10.1. The highest BCUT2D eigenvalue weighted by Gasteiger charge is 2.64. The summed E-state index contributed by atoms with van der Waals surface area (Å²) < 4.78 is 0. The van der Waals surface area contributed by atoms with Crippen LogP contribution in [0, 0.1) is 16.7 Å². The topological polar surface area (TPSA) is 17.1 Å². The molecule has 3 aliphatic carbocycles. The molecule has 20 heavy (non-hydrogen) atoms. The van der Waals surface area contributed by atoms with Crippen molar-refractivity contribution in [3.63, 3.8) is 0 Å². The van der Waals surface area contributed by atoms with Gasteiger partial charge in [-0.05, 0) is 43.1 Å². The maximum Gasteiger partial charge on any atom is 0.146 e. The molecule has 4 atom stereocenters. The number of hydrogen-bond acceptors (Lipinski definition) is 1. The van der Waals surface area contributed by atoms with Crippen LogP contribution >= 0.6 is 0 Å². The predicted molar refractivity (Wildman–Crippen MR) is 80.4 cm³/mol. The van der Waals surface area contributed by atoms with Crippen molar-refractivity contribution in [1.29, 1.82) is 0 Å². The minimum atomic E-state index is -0.129. The van der Waals surface area contributed by atoms with Crippen LogP contribution in [0.2, 0.25) is 0 Å². The number of rotatable bonds is 1. The van der Waals surface area contributed by atoms with E-state index in [-0.39, 0.29) is 10.8 Å². The molecule has 0 saturated heterocycles. The zero-order valence-electron chi connectivity index (χ0n) is 12.1. The van der Waals surface area contributed by atoms with E-state index in [2.05, 4.69) is 49.4 Å². The monoisotopic (exact) mass is 266 g/mol. The summed E-state index contributed by atoms with van der Waals surface area (Å²) in [5.41, 5.74) is 1.16. The zero-order valence-corrected chi connectivity index (χ0v) is 12.1. The summed E-state index contributed by atoms with van der Waals surface area (Å²) in [5.74, 6) is 1.47. The van der Waals surface area contributed by atoms with Crippen LogP contribution in [0.4, 0.5) is 0 Å². The fourth-order valence-corrected chi connectivity index (χ4v) is 5.25. The van der Waals surface area contributed by atoms with E-state index < -0.39 is 0 Å². The lowest BCUT2D eigenvalue weighted by molar-refractivity contribution is -0.134. The van der Waals surface area contributed by atoms with E-state index in [9.17, 15) is 4.79 Å². The van der Waals surface area contributed by atoms with E-state index in [1.165, 1.54) is 18.4 Å². The summed E-state index contributed by atoms with van der Waals surface area (Å²) in [6.45, 7) is 2.20. The van der Waals surface area contributed by atoms with Gasteiger partial charge < -0.3 is 0 Å². The average Bonchev–Trinajstić information content (AvgIpc) is 2.93. The minimum Gasteiger partial charge on any atom is -0.298 e. The Morgan fingerprint density at radius 2 is 2.00 bits per heavy atom. The summed E-state index contributed by atoms with van der Waals surface area (Å²) in [5, 5.41) is 0. The molecule has 0 unspecified atom stereocenters. The van der Waals surface area contributed by atoms with Gasteiger partial charge in [-0.15, -0.1) is 0 Å². The van der Waals surface area contributed by atoms with Crippen LogP contribution in [0.3, 0.4) is 0 Å². The van der Waals surface area contributed by atoms with E-state index in [1.807, 2.05) is 0 Å². The highest BCUT2D eigenvalue weighted by atomic mass is 16.1. The molecule has 0 aromatic heterocycles. The Balaban J connectivity index is 1.89. The van der Waals surface area contributed by atoms with Gasteiger partial charge in [0, 0.05) is 10.8 Å². The number of allylic oxidation sites excluding steroid dienone is 2. The van der Waals surface area contributed by atoms with Gasteiger partial charge >= 0.3 is 0 Å². The van der Waals surface area contributed by atoms with Crippen LogP contribution < -0.4 is 0 Å². The van der Waals surface area contributed by atoms with Crippen molar-refractivity contribution >= 4 is 5.78 Å². The third-order valence-electron chi connectivity index (χ3n) is 6.15. The molecule has 2 bridgehead atoms. The third-order valence-corrected chi connectivity index (χ3v) is 6.15. The summed E-state index contributed by atoms with van der Waals surface area (Å²) in [4.78, 5) is 13.3. The number of fused-ring (bicyclic) bond motifs is 1. The number of benzene rings is 1. The number of Topliss-reactive ketones (excluding diaryl/α,β-unsaturated/α-hetero) is 1. The Labute approximate surface area is 121 Å². The second kappa shape index (κ2) is 4.07. The van der Waals surface area contributed by atoms with Gasteiger partial charge in [-0.25, -0.2) is 0 Å². The van der Waals surface area contributed by atoms with Gasteiger partial charge in [0.2, 0.25) is 0 Å². The molecule has 2 saturated carbocycles. The SMILES string of the molecule is C[C@@]12CC=C[C@H]3CCC[C@]3(C1=O)[C@@H](c1ccccc1)C2. The first-order valence-corrected chi connectivity index (χ1v) is 7.93. The van der Waals surface area contributed by atoms with Crippen molar-refractivity contribution in [3.8, 4) is 0 Å². The Bertz CT molecular complexity index is 573. The minimum absolute atomic E-state index is 0.0941. The van der Waals surface area contributed by atoms with E-state index >= 15 is 0 Å². The number of carbonyl (C=O) groups is 1. The largest absolute Gasteiger partial charge is 0.298 e. The van der Waals surface area contributed by atoms with Crippen LogP contribution in [0.25, 0.3) is 0 Å². The quantitative estimate of drug-likeness (QED) is 0.684. The van der Waals surface area contributed by atoms with Gasteiger partial charge in [0.05, 0.1) is 0 Å². The fraction of sp³-hybridized carbons (Fsp3) is 0.526. The van der Waals surface area contributed by atoms with Crippen molar-refractivity contribution in [2.45, 2.75) is 44.9 Å². The first kappa shape index (κ1) is 12.4. The van der Waals surface area contributed by atoms with Gasteiger partial charge in [-0.1, -0.05) is 55.8 Å². The Morgan fingerprint density at radius 1 is 1.20 bits per heavy atom. The van der Waals surface area contributed by atoms with Crippen LogP contribution in [0.5, 0.6) is 0 Å². The third kappa shape index (κ3) is 1.41. The molecule has 0 heterocycles. The molecular weight excluding hydrogens is 244 g/mol. The number of ketones is 1. The second-order valence-corrected chi connectivity index (χ2v) is 7.23. The van der Waals surface area contributed by atoms with Gasteiger partial charge in [-0.3, -0.25) is 4.79 Å². The predicted octanol–water partition coefficient (Wildman–Crippen LogP) is 4.50. The lowest BCUT2D eigenvalue weighted by Gasteiger charge is -2.35. The molecule has 0 amide bonds. The molecule has 104 valence electrons. The first-order chi connectivity index (χ1) is 9.67. The summed E-state index contributed by atoms with van der Waals surface area (Å²) in [6, 6.07) is 10.8. The van der Waals surface area contributed by atoms with E-state index in [1.54, 1.807) is 0 Å². The normalized spacial score (nSPS) is 42.5. The molecule has 1 aromatic carbocycles. The lowest BCUT2D eigenvalue weighted by atomic mass is 9.67.